The fourth-order valence-electron chi connectivity index (χ4n) is 2.23. The fraction of sp³-hybridized carbons (Fsp3) is 0.429. The van der Waals surface area contributed by atoms with Crippen LogP contribution in [-0.2, 0) is 17.1 Å². The van der Waals surface area contributed by atoms with Gasteiger partial charge in [-0.1, -0.05) is 18.2 Å². The lowest BCUT2D eigenvalue weighted by molar-refractivity contribution is 0.554. The first-order valence-electron chi connectivity index (χ1n) is 6.59. The average Bonchev–Trinajstić information content (AvgIpc) is 2.69. The molecule has 2 aromatic rings. The van der Waals surface area contributed by atoms with E-state index in [9.17, 15) is 8.42 Å². The highest BCUT2D eigenvalue weighted by Gasteiger charge is 2.23. The number of sulfonamides is 1. The molecule has 110 valence electrons. The van der Waals surface area contributed by atoms with E-state index in [0.717, 1.165) is 16.6 Å². The molecule has 0 aliphatic heterocycles. The van der Waals surface area contributed by atoms with Gasteiger partial charge in [0.05, 0.1) is 0 Å². The van der Waals surface area contributed by atoms with E-state index in [1.807, 2.05) is 56.8 Å². The van der Waals surface area contributed by atoms with Crippen LogP contribution in [0, 0.1) is 6.92 Å². The second-order valence-corrected chi connectivity index (χ2v) is 6.74. The largest absolute Gasteiger partial charge is 0.347 e. The predicted octanol–water partition coefficient (Wildman–Crippen LogP) is 1.37. The molecule has 0 amide bonds. The van der Waals surface area contributed by atoms with Crippen molar-refractivity contribution in [3.8, 4) is 0 Å². The van der Waals surface area contributed by atoms with Crippen molar-refractivity contribution in [2.75, 3.05) is 13.6 Å². The van der Waals surface area contributed by atoms with Crippen LogP contribution in [0.3, 0.4) is 0 Å². The van der Waals surface area contributed by atoms with Gasteiger partial charge in [-0.25, -0.2) is 13.1 Å². The summed E-state index contributed by atoms with van der Waals surface area (Å²) in [6, 6.07) is 7.63. The quantitative estimate of drug-likeness (QED) is 0.876. The van der Waals surface area contributed by atoms with Crippen molar-refractivity contribution in [3.05, 3.63) is 30.0 Å². The van der Waals surface area contributed by atoms with Crippen molar-refractivity contribution in [1.29, 1.82) is 0 Å². The third-order valence-corrected chi connectivity index (χ3v) is 5.28. The zero-order valence-corrected chi connectivity index (χ0v) is 13.1. The van der Waals surface area contributed by atoms with Crippen molar-refractivity contribution in [1.82, 2.24) is 14.6 Å². The molecule has 5 nitrogen and oxygen atoms in total. The minimum absolute atomic E-state index is 0.0834. The van der Waals surface area contributed by atoms with Gasteiger partial charge in [0.2, 0.25) is 10.0 Å². The fourth-order valence-corrected chi connectivity index (χ4v) is 3.84. The molecule has 0 saturated carbocycles. The van der Waals surface area contributed by atoms with Gasteiger partial charge in [-0.15, -0.1) is 0 Å². The van der Waals surface area contributed by atoms with Crippen LogP contribution in [0.5, 0.6) is 0 Å². The van der Waals surface area contributed by atoms with Crippen LogP contribution in [0.2, 0.25) is 0 Å². The Labute approximate surface area is 120 Å². The number of nitrogens with one attached hydrogen (secondary N) is 2. The lowest BCUT2D eigenvalue weighted by atomic mass is 10.2. The molecule has 20 heavy (non-hydrogen) atoms. The molecule has 0 saturated heterocycles. The zero-order chi connectivity index (χ0) is 14.9. The van der Waals surface area contributed by atoms with Crippen LogP contribution in [-0.4, -0.2) is 32.6 Å². The molecule has 1 atom stereocenters. The van der Waals surface area contributed by atoms with E-state index < -0.39 is 10.0 Å². The molecule has 0 radical (unpaired) electrons. The minimum atomic E-state index is -3.51. The molecular weight excluding hydrogens is 274 g/mol. The molecule has 0 bridgehead atoms. The summed E-state index contributed by atoms with van der Waals surface area (Å²) in [5.41, 5.74) is 1.67. The van der Waals surface area contributed by atoms with Crippen LogP contribution in [0.15, 0.2) is 29.2 Å². The second kappa shape index (κ2) is 5.55. The van der Waals surface area contributed by atoms with Gasteiger partial charge in [-0.2, -0.15) is 0 Å². The van der Waals surface area contributed by atoms with Crippen molar-refractivity contribution in [2.24, 2.45) is 7.05 Å². The number of rotatable bonds is 5. The van der Waals surface area contributed by atoms with Crippen molar-refractivity contribution in [2.45, 2.75) is 24.8 Å². The summed E-state index contributed by atoms with van der Waals surface area (Å²) in [6.07, 6.45) is 0. The number of likely N-dealkylation sites (N-methyl/N-ethyl adjacent to an activating group) is 1. The Hall–Kier alpha value is -1.37. The third kappa shape index (κ3) is 2.59. The molecule has 1 aromatic carbocycles. The minimum Gasteiger partial charge on any atom is -0.347 e. The number of aryl methyl sites for hydroxylation is 1. The van der Waals surface area contributed by atoms with E-state index in [-0.39, 0.29) is 6.04 Å². The molecule has 1 heterocycles. The molecule has 1 aromatic heterocycles. The smallest absolute Gasteiger partial charge is 0.243 e. The molecular formula is C14H21N3O2S. The van der Waals surface area contributed by atoms with Crippen LogP contribution < -0.4 is 10.0 Å². The number of fused-ring (bicyclic) bond motifs is 1. The first kappa shape index (κ1) is 15.0. The molecule has 2 rings (SSSR count). The number of aromatic nitrogens is 1. The number of benzene rings is 1. The second-order valence-electron chi connectivity index (χ2n) is 5.03. The maximum absolute atomic E-state index is 12.5. The molecule has 2 N–H and O–H groups in total. The maximum Gasteiger partial charge on any atom is 0.243 e. The van der Waals surface area contributed by atoms with E-state index in [1.165, 1.54) is 0 Å². The first-order valence-corrected chi connectivity index (χ1v) is 8.07. The van der Waals surface area contributed by atoms with Gasteiger partial charge >= 0.3 is 0 Å². The molecule has 6 heteroatoms. The van der Waals surface area contributed by atoms with E-state index in [4.69, 9.17) is 0 Å². The van der Waals surface area contributed by atoms with Gasteiger partial charge < -0.3 is 9.88 Å². The van der Waals surface area contributed by atoms with Crippen LogP contribution in [0.1, 0.15) is 12.6 Å². The topological polar surface area (TPSA) is 63.1 Å². The first-order chi connectivity index (χ1) is 9.38. The standard InChI is InChI=1S/C14H21N3O2S/c1-10(15-3)9-16-20(18,19)14-11(2)17(4)13-8-6-5-7-12(13)14/h5-8,10,15-16H,9H2,1-4H3. The highest BCUT2D eigenvalue weighted by atomic mass is 32.2. The summed E-state index contributed by atoms with van der Waals surface area (Å²) < 4.78 is 29.7. The van der Waals surface area contributed by atoms with E-state index >= 15 is 0 Å². The van der Waals surface area contributed by atoms with Crippen LogP contribution in [0.4, 0.5) is 0 Å². The lowest BCUT2D eigenvalue weighted by Gasteiger charge is -2.12. The number of nitrogens with zero attached hydrogens (tertiary/aromatic N) is 1. The average molecular weight is 295 g/mol. The summed E-state index contributed by atoms with van der Waals surface area (Å²) in [6.45, 7) is 4.12. The Morgan fingerprint density at radius 2 is 1.95 bits per heavy atom. The van der Waals surface area contributed by atoms with Gasteiger partial charge in [0.25, 0.3) is 0 Å². The summed E-state index contributed by atoms with van der Waals surface area (Å²) in [5, 5.41) is 3.78. The van der Waals surface area contributed by atoms with Crippen molar-refractivity contribution < 1.29 is 8.42 Å². The molecule has 0 aliphatic rings. The van der Waals surface area contributed by atoms with E-state index in [1.54, 1.807) is 0 Å². The van der Waals surface area contributed by atoms with E-state index in [2.05, 4.69) is 10.0 Å². The summed E-state index contributed by atoms with van der Waals surface area (Å²) in [7, 11) is 0.177. The van der Waals surface area contributed by atoms with Gasteiger partial charge in [0.15, 0.2) is 0 Å². The SMILES string of the molecule is CNC(C)CNS(=O)(=O)c1c(C)n(C)c2ccccc12. The number of hydrogen-bond donors (Lipinski definition) is 2. The van der Waals surface area contributed by atoms with Crippen LogP contribution >= 0.6 is 0 Å². The van der Waals surface area contributed by atoms with Crippen molar-refractivity contribution >= 4 is 20.9 Å². The molecule has 0 fully saturated rings. The molecule has 1 unspecified atom stereocenters. The maximum atomic E-state index is 12.5. The molecule has 0 spiro atoms. The Morgan fingerprint density at radius 1 is 1.30 bits per heavy atom. The summed E-state index contributed by atoms with van der Waals surface area (Å²) >= 11 is 0. The summed E-state index contributed by atoms with van der Waals surface area (Å²) in [5.74, 6) is 0. The highest BCUT2D eigenvalue weighted by Crippen LogP contribution is 2.28. The Kier molecular flexibility index (Phi) is 4.17. The van der Waals surface area contributed by atoms with Gasteiger partial charge in [-0.05, 0) is 27.0 Å². The zero-order valence-electron chi connectivity index (χ0n) is 12.3. The third-order valence-electron chi connectivity index (χ3n) is 3.68. The normalized spacial score (nSPS) is 13.8. The Morgan fingerprint density at radius 3 is 2.60 bits per heavy atom. The molecule has 0 aliphatic carbocycles. The van der Waals surface area contributed by atoms with E-state index in [0.29, 0.717) is 11.4 Å². The Bertz CT molecular complexity index is 719. The van der Waals surface area contributed by atoms with Gasteiger partial charge in [0.1, 0.15) is 4.90 Å². The lowest BCUT2D eigenvalue weighted by Crippen LogP contribution is -2.37. The monoisotopic (exact) mass is 295 g/mol. The summed E-state index contributed by atoms with van der Waals surface area (Å²) in [4.78, 5) is 0.374. The number of hydrogen-bond acceptors (Lipinski definition) is 3. The van der Waals surface area contributed by atoms with Gasteiger partial charge in [0, 0.05) is 36.2 Å². The predicted molar refractivity (Wildman–Crippen MR) is 81.4 cm³/mol. The Balaban J connectivity index is 2.49. The van der Waals surface area contributed by atoms with Gasteiger partial charge in [-0.3, -0.25) is 0 Å². The van der Waals surface area contributed by atoms with Crippen molar-refractivity contribution in [3.63, 3.8) is 0 Å². The van der Waals surface area contributed by atoms with Crippen LogP contribution in [0.25, 0.3) is 10.9 Å². The highest BCUT2D eigenvalue weighted by molar-refractivity contribution is 7.89. The number of para-hydroxylation sites is 1.